The summed E-state index contributed by atoms with van der Waals surface area (Å²) in [6.45, 7) is 2.02. The number of pyridine rings is 1. The number of hydrogen-bond acceptors (Lipinski definition) is 2. The van der Waals surface area contributed by atoms with Crippen molar-refractivity contribution in [3.05, 3.63) is 21.4 Å². The topological polar surface area (TPSA) is 12.9 Å². The van der Waals surface area contributed by atoms with Crippen molar-refractivity contribution in [1.29, 1.82) is 0 Å². The number of thioether (sulfide) groups is 1. The summed E-state index contributed by atoms with van der Waals surface area (Å²) in [6, 6.07) is 0. The van der Waals surface area contributed by atoms with Gasteiger partial charge in [0.25, 0.3) is 0 Å². The van der Waals surface area contributed by atoms with Gasteiger partial charge in [0.05, 0.1) is 10.0 Å². The van der Waals surface area contributed by atoms with Crippen LogP contribution < -0.4 is 0 Å². The minimum atomic E-state index is 0.303. The van der Waals surface area contributed by atoms with Crippen LogP contribution in [0, 0.1) is 0 Å². The van der Waals surface area contributed by atoms with Gasteiger partial charge in [-0.25, -0.2) is 4.98 Å². The second-order valence-electron chi connectivity index (χ2n) is 1.97. The zero-order valence-electron chi connectivity index (χ0n) is 6.27. The maximum Gasteiger partial charge on any atom is 0.148 e. The molecule has 0 unspecified atom stereocenters. The number of aromatic nitrogens is 1. The molecule has 0 bridgehead atoms. The van der Waals surface area contributed by atoms with Crippen LogP contribution in [0.15, 0.2) is 11.1 Å². The summed E-state index contributed by atoms with van der Waals surface area (Å²) in [4.78, 5) is 4.62. The Morgan fingerprint density at radius 3 is 2.67 bits per heavy atom. The van der Waals surface area contributed by atoms with Gasteiger partial charge < -0.3 is 0 Å². The highest BCUT2D eigenvalue weighted by atomic mass is 35.5. The molecule has 12 heavy (non-hydrogen) atoms. The van der Waals surface area contributed by atoms with Gasteiger partial charge in [-0.1, -0.05) is 41.7 Å². The first-order chi connectivity index (χ1) is 5.66. The van der Waals surface area contributed by atoms with Crippen LogP contribution in [0.4, 0.5) is 0 Å². The molecule has 1 heterocycles. The van der Waals surface area contributed by atoms with E-state index in [-0.39, 0.29) is 0 Å². The molecule has 0 atom stereocenters. The Bertz CT molecular complexity index is 290. The third-order valence-electron chi connectivity index (χ3n) is 1.18. The summed E-state index contributed by atoms with van der Waals surface area (Å²) in [7, 11) is 0. The first-order valence-electron chi connectivity index (χ1n) is 3.29. The van der Waals surface area contributed by atoms with Crippen LogP contribution in [-0.4, -0.2) is 10.7 Å². The molecule has 0 amide bonds. The van der Waals surface area contributed by atoms with Crippen molar-refractivity contribution in [1.82, 2.24) is 4.98 Å². The quantitative estimate of drug-likeness (QED) is 0.571. The Morgan fingerprint density at radius 2 is 2.08 bits per heavy atom. The van der Waals surface area contributed by atoms with Gasteiger partial charge in [0.15, 0.2) is 0 Å². The summed E-state index contributed by atoms with van der Waals surface area (Å²) in [5, 5.41) is 1.30. The Balaban J connectivity index is 3.14. The number of halogens is 3. The van der Waals surface area contributed by atoms with Gasteiger partial charge in [0, 0.05) is 11.1 Å². The van der Waals surface area contributed by atoms with Crippen LogP contribution in [-0.2, 0) is 0 Å². The van der Waals surface area contributed by atoms with Crippen molar-refractivity contribution in [3.8, 4) is 0 Å². The van der Waals surface area contributed by atoms with Gasteiger partial charge in [0.1, 0.15) is 5.15 Å². The third-order valence-corrected chi connectivity index (χ3v) is 3.44. The first-order valence-corrected chi connectivity index (χ1v) is 5.41. The molecule has 0 spiro atoms. The van der Waals surface area contributed by atoms with Crippen LogP contribution in [0.3, 0.4) is 0 Å². The lowest BCUT2D eigenvalue weighted by atomic mass is 10.5. The molecule has 0 aromatic carbocycles. The molecule has 5 heteroatoms. The summed E-state index contributed by atoms with van der Waals surface area (Å²) in [5.41, 5.74) is 0. The predicted octanol–water partition coefficient (Wildman–Crippen LogP) is 4.15. The van der Waals surface area contributed by atoms with Crippen molar-refractivity contribution in [2.75, 3.05) is 5.75 Å². The van der Waals surface area contributed by atoms with Gasteiger partial charge in [-0.2, -0.15) is 0 Å². The second kappa shape index (κ2) is 4.56. The maximum atomic E-state index is 5.88. The van der Waals surface area contributed by atoms with E-state index in [1.54, 1.807) is 11.8 Å². The smallest absolute Gasteiger partial charge is 0.148 e. The lowest BCUT2D eigenvalue weighted by Crippen LogP contribution is -1.83. The van der Waals surface area contributed by atoms with Crippen LogP contribution in [0.1, 0.15) is 6.92 Å². The zero-order valence-corrected chi connectivity index (χ0v) is 9.36. The molecule has 0 radical (unpaired) electrons. The van der Waals surface area contributed by atoms with E-state index in [0.717, 1.165) is 10.6 Å². The van der Waals surface area contributed by atoms with E-state index >= 15 is 0 Å². The van der Waals surface area contributed by atoms with Crippen molar-refractivity contribution in [2.24, 2.45) is 0 Å². The summed E-state index contributed by atoms with van der Waals surface area (Å²) in [5.74, 6) is 0.903. The minimum Gasteiger partial charge on any atom is -0.241 e. The Kier molecular flexibility index (Phi) is 3.97. The van der Waals surface area contributed by atoms with Gasteiger partial charge >= 0.3 is 0 Å². The largest absolute Gasteiger partial charge is 0.241 e. The molecule has 0 aliphatic rings. The van der Waals surface area contributed by atoms with E-state index in [9.17, 15) is 0 Å². The van der Waals surface area contributed by atoms with Gasteiger partial charge in [-0.3, -0.25) is 0 Å². The van der Waals surface area contributed by atoms with Crippen LogP contribution >= 0.6 is 46.6 Å². The zero-order chi connectivity index (χ0) is 9.14. The van der Waals surface area contributed by atoms with E-state index in [4.69, 9.17) is 34.8 Å². The SMILES string of the molecule is CCSc1c(Cl)cnc(Cl)c1Cl. The van der Waals surface area contributed by atoms with Crippen molar-refractivity contribution < 1.29 is 0 Å². The molecule has 1 nitrogen and oxygen atoms in total. The molecule has 1 aromatic heterocycles. The van der Waals surface area contributed by atoms with E-state index in [0.29, 0.717) is 15.2 Å². The fourth-order valence-corrected chi connectivity index (χ4v) is 2.28. The molecular formula is C7H6Cl3NS. The average Bonchev–Trinajstić information content (AvgIpc) is 2.06. The average molecular weight is 243 g/mol. The maximum absolute atomic E-state index is 5.88. The summed E-state index contributed by atoms with van der Waals surface area (Å²) >= 11 is 19.0. The first kappa shape index (κ1) is 10.5. The van der Waals surface area contributed by atoms with E-state index in [1.165, 1.54) is 6.20 Å². The second-order valence-corrected chi connectivity index (χ2v) is 4.39. The van der Waals surface area contributed by atoms with Gasteiger partial charge in [0.2, 0.25) is 0 Å². The molecular weight excluding hydrogens is 237 g/mol. The number of nitrogens with zero attached hydrogens (tertiary/aromatic N) is 1. The minimum absolute atomic E-state index is 0.303. The fourth-order valence-electron chi connectivity index (χ4n) is 0.704. The van der Waals surface area contributed by atoms with Crippen LogP contribution in [0.25, 0.3) is 0 Å². The van der Waals surface area contributed by atoms with E-state index in [1.807, 2.05) is 6.92 Å². The lowest BCUT2D eigenvalue weighted by molar-refractivity contribution is 1.26. The highest BCUT2D eigenvalue weighted by molar-refractivity contribution is 7.99. The molecule has 0 saturated carbocycles. The highest BCUT2D eigenvalue weighted by Crippen LogP contribution is 2.36. The summed E-state index contributed by atoms with van der Waals surface area (Å²) in [6.07, 6.45) is 1.51. The molecule has 0 aliphatic heterocycles. The monoisotopic (exact) mass is 241 g/mol. The van der Waals surface area contributed by atoms with Crippen LogP contribution in [0.5, 0.6) is 0 Å². The Labute approximate surface area is 90.4 Å². The number of rotatable bonds is 2. The summed E-state index contributed by atoms with van der Waals surface area (Å²) < 4.78 is 0. The molecule has 0 N–H and O–H groups in total. The molecule has 1 aromatic rings. The Hall–Kier alpha value is 0.370. The Morgan fingerprint density at radius 1 is 1.42 bits per heavy atom. The molecule has 66 valence electrons. The third kappa shape index (κ3) is 2.19. The normalized spacial score (nSPS) is 10.3. The highest BCUT2D eigenvalue weighted by Gasteiger charge is 2.09. The van der Waals surface area contributed by atoms with Crippen molar-refractivity contribution >= 4 is 46.6 Å². The van der Waals surface area contributed by atoms with E-state index in [2.05, 4.69) is 4.98 Å². The lowest BCUT2D eigenvalue weighted by Gasteiger charge is -2.04. The van der Waals surface area contributed by atoms with E-state index < -0.39 is 0 Å². The van der Waals surface area contributed by atoms with Gasteiger partial charge in [-0.15, -0.1) is 11.8 Å². The fraction of sp³-hybridized carbons (Fsp3) is 0.286. The predicted molar refractivity (Wildman–Crippen MR) is 55.7 cm³/mol. The molecule has 0 saturated heterocycles. The van der Waals surface area contributed by atoms with Gasteiger partial charge in [-0.05, 0) is 5.75 Å². The molecule has 1 rings (SSSR count). The molecule has 0 fully saturated rings. The van der Waals surface area contributed by atoms with Crippen molar-refractivity contribution in [3.63, 3.8) is 0 Å². The molecule has 0 aliphatic carbocycles. The van der Waals surface area contributed by atoms with Crippen LogP contribution in [0.2, 0.25) is 15.2 Å². The van der Waals surface area contributed by atoms with Crippen molar-refractivity contribution in [2.45, 2.75) is 11.8 Å². The number of hydrogen-bond donors (Lipinski definition) is 0. The standard InChI is InChI=1S/C7H6Cl3NS/c1-2-12-6-4(8)3-11-7(10)5(6)9/h3H,2H2,1H3.